The Labute approximate surface area is 190 Å². The molecule has 2 aromatic carbocycles. The van der Waals surface area contributed by atoms with Crippen molar-refractivity contribution in [3.05, 3.63) is 59.4 Å². The van der Waals surface area contributed by atoms with Crippen LogP contribution in [0.2, 0.25) is 0 Å². The van der Waals surface area contributed by atoms with Gasteiger partial charge in [-0.3, -0.25) is 0 Å². The molecule has 1 aliphatic rings. The summed E-state index contributed by atoms with van der Waals surface area (Å²) < 4.78 is 33.3. The van der Waals surface area contributed by atoms with Crippen LogP contribution in [0.1, 0.15) is 50.0 Å². The molecule has 1 unspecified atom stereocenters. The summed E-state index contributed by atoms with van der Waals surface area (Å²) in [7, 11) is 1.20. The Bertz CT molecular complexity index is 1080. The van der Waals surface area contributed by atoms with Crippen LogP contribution in [0.25, 0.3) is 11.0 Å². The molecule has 176 valence electrons. The van der Waals surface area contributed by atoms with Crippen molar-refractivity contribution >= 4 is 17.1 Å². The number of aliphatic hydroxyl groups is 1. The van der Waals surface area contributed by atoms with E-state index >= 15 is 0 Å². The molecule has 0 bridgehead atoms. The molecule has 1 fully saturated rings. The number of nitrogens with zero attached hydrogens (tertiary/aromatic N) is 1. The zero-order chi connectivity index (χ0) is 23.6. The van der Waals surface area contributed by atoms with Crippen molar-refractivity contribution < 1.29 is 23.4 Å². The number of halogens is 2. The van der Waals surface area contributed by atoms with E-state index < -0.39 is 35.1 Å². The molecular weight excluding hydrogens is 430 g/mol. The Kier molecular flexibility index (Phi) is 6.51. The van der Waals surface area contributed by atoms with Crippen molar-refractivity contribution in [3.8, 4) is 5.75 Å². The number of nitrogens with one attached hydrogen (secondary N) is 3. The molecule has 3 aromatic rings. The third-order valence-electron chi connectivity index (χ3n) is 6.14. The van der Waals surface area contributed by atoms with Gasteiger partial charge in [0.05, 0.1) is 29.8 Å². The van der Waals surface area contributed by atoms with Crippen molar-refractivity contribution in [2.24, 2.45) is 0 Å². The van der Waals surface area contributed by atoms with Gasteiger partial charge in [0.15, 0.2) is 17.4 Å². The SMILES string of the molecule is COc1c(F)cc(CC(NC(=O)N[C@H]2CC[C@@](C)(O)CC2)c2nc3ccccc3[nH]2)cc1F. The number of hydrogen-bond acceptors (Lipinski definition) is 4. The number of methoxy groups -OCH3 is 1. The quantitative estimate of drug-likeness (QED) is 0.446. The Morgan fingerprint density at radius 3 is 2.58 bits per heavy atom. The summed E-state index contributed by atoms with van der Waals surface area (Å²) in [5.74, 6) is -1.59. The zero-order valence-corrected chi connectivity index (χ0v) is 18.6. The van der Waals surface area contributed by atoms with Gasteiger partial charge in [-0.05, 0) is 62.4 Å². The van der Waals surface area contributed by atoms with Gasteiger partial charge in [-0.25, -0.2) is 18.6 Å². The third-order valence-corrected chi connectivity index (χ3v) is 6.14. The van der Waals surface area contributed by atoms with E-state index in [4.69, 9.17) is 4.74 Å². The normalized spacial score (nSPS) is 21.5. The number of H-pyrrole nitrogens is 1. The lowest BCUT2D eigenvalue weighted by molar-refractivity contribution is 0.0151. The van der Waals surface area contributed by atoms with Crippen LogP contribution in [0.5, 0.6) is 5.75 Å². The summed E-state index contributed by atoms with van der Waals surface area (Å²) in [6.45, 7) is 1.80. The molecule has 0 aliphatic heterocycles. The van der Waals surface area contributed by atoms with E-state index in [2.05, 4.69) is 20.6 Å². The first-order valence-electron chi connectivity index (χ1n) is 11.0. The van der Waals surface area contributed by atoms with Gasteiger partial charge in [0.2, 0.25) is 0 Å². The highest BCUT2D eigenvalue weighted by atomic mass is 19.1. The van der Waals surface area contributed by atoms with Crippen molar-refractivity contribution in [2.75, 3.05) is 7.11 Å². The molecule has 1 heterocycles. The molecule has 1 aliphatic carbocycles. The minimum Gasteiger partial charge on any atom is -0.491 e. The second-order valence-corrected chi connectivity index (χ2v) is 8.88. The van der Waals surface area contributed by atoms with Crippen LogP contribution in [0.3, 0.4) is 0 Å². The third kappa shape index (κ3) is 5.42. The molecule has 9 heteroatoms. The van der Waals surface area contributed by atoms with Crippen LogP contribution in [-0.4, -0.2) is 39.9 Å². The van der Waals surface area contributed by atoms with E-state index in [0.29, 0.717) is 37.1 Å². The highest BCUT2D eigenvalue weighted by molar-refractivity contribution is 5.76. The van der Waals surface area contributed by atoms with Gasteiger partial charge in [0.25, 0.3) is 0 Å². The van der Waals surface area contributed by atoms with Gasteiger partial charge >= 0.3 is 6.03 Å². The monoisotopic (exact) mass is 458 g/mol. The molecular formula is C24H28F2N4O3. The number of carbonyl (C=O) groups is 1. The Hall–Kier alpha value is -3.20. The fourth-order valence-electron chi connectivity index (χ4n) is 4.28. The van der Waals surface area contributed by atoms with Crippen molar-refractivity contribution in [3.63, 3.8) is 0 Å². The molecule has 7 nitrogen and oxygen atoms in total. The molecule has 33 heavy (non-hydrogen) atoms. The molecule has 4 N–H and O–H groups in total. The predicted octanol–water partition coefficient (Wildman–Crippen LogP) is 4.13. The van der Waals surface area contributed by atoms with Crippen LogP contribution in [0, 0.1) is 11.6 Å². The zero-order valence-electron chi connectivity index (χ0n) is 18.6. The van der Waals surface area contributed by atoms with Crippen molar-refractivity contribution in [2.45, 2.75) is 56.7 Å². The largest absolute Gasteiger partial charge is 0.491 e. The highest BCUT2D eigenvalue weighted by Gasteiger charge is 2.30. The Balaban J connectivity index is 1.54. The number of hydrogen-bond donors (Lipinski definition) is 4. The van der Waals surface area contributed by atoms with Gasteiger partial charge < -0.3 is 25.5 Å². The van der Waals surface area contributed by atoms with E-state index in [0.717, 1.165) is 11.0 Å². The summed E-state index contributed by atoms with van der Waals surface area (Å²) in [5, 5.41) is 16.0. The fourth-order valence-corrected chi connectivity index (χ4v) is 4.28. The number of imidazole rings is 1. The summed E-state index contributed by atoms with van der Waals surface area (Å²) in [6, 6.07) is 8.70. The number of fused-ring (bicyclic) bond motifs is 1. The van der Waals surface area contributed by atoms with E-state index in [1.807, 2.05) is 24.3 Å². The Morgan fingerprint density at radius 1 is 1.27 bits per heavy atom. The summed E-state index contributed by atoms with van der Waals surface area (Å²) in [5.41, 5.74) is 1.17. The van der Waals surface area contributed by atoms with Crippen LogP contribution in [-0.2, 0) is 6.42 Å². The lowest BCUT2D eigenvalue weighted by atomic mass is 9.84. The van der Waals surface area contributed by atoms with E-state index in [-0.39, 0.29) is 12.5 Å². The van der Waals surface area contributed by atoms with E-state index in [1.165, 1.54) is 19.2 Å². The van der Waals surface area contributed by atoms with Gasteiger partial charge in [0, 0.05) is 12.5 Å². The number of aromatic amines is 1. The number of benzene rings is 2. The predicted molar refractivity (Wildman–Crippen MR) is 120 cm³/mol. The highest BCUT2D eigenvalue weighted by Crippen LogP contribution is 2.28. The van der Waals surface area contributed by atoms with E-state index in [1.54, 1.807) is 6.92 Å². The second-order valence-electron chi connectivity index (χ2n) is 8.88. The van der Waals surface area contributed by atoms with Crippen LogP contribution < -0.4 is 15.4 Å². The van der Waals surface area contributed by atoms with Gasteiger partial charge in [0.1, 0.15) is 5.82 Å². The topological polar surface area (TPSA) is 99.3 Å². The maximum atomic E-state index is 14.3. The number of amides is 2. The molecule has 0 spiro atoms. The number of rotatable bonds is 6. The summed E-state index contributed by atoms with van der Waals surface area (Å²) in [4.78, 5) is 20.6. The van der Waals surface area contributed by atoms with Gasteiger partial charge in [-0.1, -0.05) is 12.1 Å². The first-order chi connectivity index (χ1) is 15.7. The number of urea groups is 1. The second kappa shape index (κ2) is 9.35. The lowest BCUT2D eigenvalue weighted by Gasteiger charge is -2.33. The first-order valence-corrected chi connectivity index (χ1v) is 11.0. The average molecular weight is 459 g/mol. The molecule has 1 saturated carbocycles. The molecule has 2 amide bonds. The minimum atomic E-state index is -0.811. The standard InChI is InChI=1S/C24H28F2N4O3/c1-24(32)9-7-15(8-10-24)27-23(31)30-20(22-28-18-5-3-4-6-19(18)29-22)13-14-11-16(25)21(33-2)17(26)12-14/h3-6,11-12,15,20,32H,7-10,13H2,1-2H3,(H,28,29)(H2,27,30,31)/t15-,20?,24+. The molecule has 1 atom stereocenters. The minimum absolute atomic E-state index is 0.0579. The molecule has 1 aromatic heterocycles. The fraction of sp³-hybridized carbons (Fsp3) is 0.417. The van der Waals surface area contributed by atoms with Gasteiger partial charge in [-0.15, -0.1) is 0 Å². The Morgan fingerprint density at radius 2 is 1.94 bits per heavy atom. The average Bonchev–Trinajstić information content (AvgIpc) is 3.19. The summed E-state index contributed by atoms with van der Waals surface area (Å²) in [6.07, 6.45) is 2.67. The van der Waals surface area contributed by atoms with E-state index in [9.17, 15) is 18.7 Å². The number of ether oxygens (including phenoxy) is 1. The van der Waals surface area contributed by atoms with Crippen LogP contribution in [0.15, 0.2) is 36.4 Å². The van der Waals surface area contributed by atoms with Crippen LogP contribution in [0.4, 0.5) is 13.6 Å². The number of para-hydroxylation sites is 2. The smallest absolute Gasteiger partial charge is 0.315 e. The molecule has 4 rings (SSSR count). The van der Waals surface area contributed by atoms with Crippen molar-refractivity contribution in [1.29, 1.82) is 0 Å². The van der Waals surface area contributed by atoms with Gasteiger partial charge in [-0.2, -0.15) is 0 Å². The lowest BCUT2D eigenvalue weighted by Crippen LogP contribution is -2.47. The number of carbonyl (C=O) groups excluding carboxylic acids is 1. The maximum absolute atomic E-state index is 14.3. The maximum Gasteiger partial charge on any atom is 0.315 e. The summed E-state index contributed by atoms with van der Waals surface area (Å²) >= 11 is 0. The van der Waals surface area contributed by atoms with Crippen LogP contribution >= 0.6 is 0 Å². The molecule has 0 saturated heterocycles. The number of aromatic nitrogens is 2. The first kappa shape index (κ1) is 23.0. The van der Waals surface area contributed by atoms with Crippen molar-refractivity contribution in [1.82, 2.24) is 20.6 Å². The molecule has 0 radical (unpaired) electrons.